The summed E-state index contributed by atoms with van der Waals surface area (Å²) in [6.07, 6.45) is -9.48. The topological polar surface area (TPSA) is 191 Å². The van der Waals surface area contributed by atoms with Crippen LogP contribution >= 0.6 is 0 Å². The minimum atomic E-state index is -2.04. The van der Waals surface area contributed by atoms with Gasteiger partial charge < -0.3 is 54.0 Å². The zero-order valence-corrected chi connectivity index (χ0v) is 23.9. The molecule has 0 unspecified atom stereocenters. The third kappa shape index (κ3) is 4.31. The smallest absolute Gasteiger partial charge is 0.201 e. The van der Waals surface area contributed by atoms with Crippen LogP contribution < -0.4 is 4.74 Å². The molecule has 228 valence electrons. The largest absolute Gasteiger partial charge is 0.507 e. The van der Waals surface area contributed by atoms with Gasteiger partial charge in [0.05, 0.1) is 24.3 Å². The molecule has 0 saturated carbocycles. The van der Waals surface area contributed by atoms with Crippen LogP contribution in [-0.4, -0.2) is 108 Å². The number of ether oxygens (including phenoxy) is 6. The number of rotatable bonds is 6. The lowest BCUT2D eigenvalue weighted by atomic mass is 9.71. The monoisotopic (exact) mass is 590 g/mol. The number of carbonyl (C=O) groups excluding carboxylic acids is 2. The summed E-state index contributed by atoms with van der Waals surface area (Å²) in [4.78, 5) is 27.3. The molecule has 1 aliphatic heterocycles. The van der Waals surface area contributed by atoms with Crippen LogP contribution in [0, 0.1) is 0 Å². The van der Waals surface area contributed by atoms with Gasteiger partial charge in [0.1, 0.15) is 59.5 Å². The van der Waals surface area contributed by atoms with Gasteiger partial charge >= 0.3 is 0 Å². The average Bonchev–Trinajstić information content (AvgIpc) is 2.94. The van der Waals surface area contributed by atoms with E-state index in [0.717, 1.165) is 0 Å². The number of aliphatic hydroxyl groups excluding tert-OH is 2. The minimum Gasteiger partial charge on any atom is -0.507 e. The summed E-state index contributed by atoms with van der Waals surface area (Å²) in [5.41, 5.74) is -3.44. The van der Waals surface area contributed by atoms with E-state index in [9.17, 15) is 35.1 Å². The number of phenolic OH excluding ortho intramolecular Hbond substituents is 2. The number of hydrogen-bond acceptors (Lipinski definition) is 13. The molecule has 0 bridgehead atoms. The maximum atomic E-state index is 13.7. The highest BCUT2D eigenvalue weighted by Crippen LogP contribution is 2.53. The number of ketones is 2. The molecule has 0 amide bonds. The summed E-state index contributed by atoms with van der Waals surface area (Å²) in [6.45, 7) is 2.94. The summed E-state index contributed by atoms with van der Waals surface area (Å²) < 4.78 is 33.7. The first-order valence-corrected chi connectivity index (χ1v) is 13.2. The van der Waals surface area contributed by atoms with Crippen LogP contribution in [0.15, 0.2) is 18.2 Å². The van der Waals surface area contributed by atoms with Crippen molar-refractivity contribution in [1.82, 2.24) is 0 Å². The van der Waals surface area contributed by atoms with Gasteiger partial charge in [0.2, 0.25) is 5.78 Å². The van der Waals surface area contributed by atoms with Crippen LogP contribution in [0.25, 0.3) is 0 Å². The second-order valence-electron chi connectivity index (χ2n) is 10.8. The molecule has 2 aliphatic carbocycles. The number of hydrogen-bond donors (Lipinski definition) is 5. The van der Waals surface area contributed by atoms with E-state index in [1.54, 1.807) is 6.92 Å². The highest BCUT2D eigenvalue weighted by molar-refractivity contribution is 6.30. The minimum absolute atomic E-state index is 0.0978. The Kier molecular flexibility index (Phi) is 7.83. The van der Waals surface area contributed by atoms with Crippen LogP contribution in [0.5, 0.6) is 17.2 Å². The molecule has 0 spiro atoms. The molecule has 9 atom stereocenters. The molecular weight excluding hydrogens is 556 g/mol. The Labute approximate surface area is 241 Å². The number of aliphatic hydroxyl groups is 3. The number of phenols is 2. The number of carbonyl (C=O) groups is 2. The van der Waals surface area contributed by atoms with Crippen molar-refractivity contribution in [3.8, 4) is 17.2 Å². The van der Waals surface area contributed by atoms with Gasteiger partial charge in [0, 0.05) is 44.1 Å². The standard InChI is InChI=1S/C29H34O13/c1-10-23(38-4)22(34)25(39-5)28(41-10)42-24-18-14(26(35)29(2,36)27(24)40-6)9-13-17(21(18)33)20(32)16-12(19(13)31)7-11(37-3)8-15(16)30/h7-10,22-28,30,33-36H,1-6H3/t10-,22+,23-,24+,25+,26-,27-,28-,29+/m0/s1. The van der Waals surface area contributed by atoms with E-state index in [-0.39, 0.29) is 33.6 Å². The van der Waals surface area contributed by atoms with Crippen molar-refractivity contribution in [2.24, 2.45) is 0 Å². The molecule has 2 aromatic rings. The summed E-state index contributed by atoms with van der Waals surface area (Å²) in [6, 6.07) is 3.67. The third-order valence-corrected chi connectivity index (χ3v) is 8.46. The molecule has 3 aliphatic rings. The highest BCUT2D eigenvalue weighted by Gasteiger charge is 2.56. The zero-order chi connectivity index (χ0) is 30.8. The molecule has 5 N–H and O–H groups in total. The van der Waals surface area contributed by atoms with Crippen LogP contribution in [0.2, 0.25) is 0 Å². The highest BCUT2D eigenvalue weighted by atomic mass is 16.7. The van der Waals surface area contributed by atoms with Crippen LogP contribution in [0.3, 0.4) is 0 Å². The lowest BCUT2D eigenvalue weighted by Crippen LogP contribution is -2.60. The predicted molar refractivity (Wildman–Crippen MR) is 142 cm³/mol. The number of benzene rings is 2. The van der Waals surface area contributed by atoms with Gasteiger partial charge in [0.15, 0.2) is 12.1 Å². The van der Waals surface area contributed by atoms with E-state index < -0.39 is 83.2 Å². The van der Waals surface area contributed by atoms with Gasteiger partial charge in [-0.05, 0) is 31.5 Å². The fourth-order valence-corrected chi connectivity index (χ4v) is 6.30. The molecule has 1 fully saturated rings. The van der Waals surface area contributed by atoms with Gasteiger partial charge in [0.25, 0.3) is 0 Å². The predicted octanol–water partition coefficient (Wildman–Crippen LogP) is 0.888. The second kappa shape index (κ2) is 10.8. The SMILES string of the molecule is COc1cc(O)c2c(c1)C(=O)c1cc3c(c(O)c1C2=O)[C@@H](O[C@@H]1O[C@@H](C)[C@H](OC)[C@@H](O)[C@H]1OC)[C@H](OC)[C@](C)(O)[C@H]3O. The molecule has 5 rings (SSSR count). The summed E-state index contributed by atoms with van der Waals surface area (Å²) in [5, 5.41) is 55.9. The fraction of sp³-hybridized carbons (Fsp3) is 0.517. The van der Waals surface area contributed by atoms with E-state index >= 15 is 0 Å². The third-order valence-electron chi connectivity index (χ3n) is 8.46. The van der Waals surface area contributed by atoms with E-state index in [1.165, 1.54) is 53.6 Å². The average molecular weight is 591 g/mol. The molecule has 0 radical (unpaired) electrons. The second-order valence-corrected chi connectivity index (χ2v) is 10.8. The molecule has 13 heteroatoms. The molecule has 42 heavy (non-hydrogen) atoms. The lowest BCUT2D eigenvalue weighted by molar-refractivity contribution is -0.329. The van der Waals surface area contributed by atoms with Gasteiger partial charge in [-0.1, -0.05) is 0 Å². The first-order chi connectivity index (χ1) is 19.8. The van der Waals surface area contributed by atoms with Crippen molar-refractivity contribution in [2.45, 2.75) is 68.5 Å². The Morgan fingerprint density at radius 1 is 0.881 bits per heavy atom. The van der Waals surface area contributed by atoms with E-state index in [1.807, 2.05) is 0 Å². The maximum Gasteiger partial charge on any atom is 0.201 e. The van der Waals surface area contributed by atoms with Gasteiger partial charge in [-0.2, -0.15) is 0 Å². The summed E-state index contributed by atoms with van der Waals surface area (Å²) in [7, 11) is 5.32. The van der Waals surface area contributed by atoms with Crippen LogP contribution in [0.4, 0.5) is 0 Å². The van der Waals surface area contributed by atoms with E-state index in [0.29, 0.717) is 0 Å². The summed E-state index contributed by atoms with van der Waals surface area (Å²) >= 11 is 0. The van der Waals surface area contributed by atoms with Gasteiger partial charge in [-0.25, -0.2) is 0 Å². The van der Waals surface area contributed by atoms with E-state index in [2.05, 4.69) is 0 Å². The lowest BCUT2D eigenvalue weighted by Gasteiger charge is -2.49. The Morgan fingerprint density at radius 3 is 2.12 bits per heavy atom. The van der Waals surface area contributed by atoms with E-state index in [4.69, 9.17) is 28.4 Å². The van der Waals surface area contributed by atoms with Crippen molar-refractivity contribution in [2.75, 3.05) is 28.4 Å². The Balaban J connectivity index is 1.69. The molecular formula is C29H34O13. The van der Waals surface area contributed by atoms with Crippen LogP contribution in [-0.2, 0) is 23.7 Å². The van der Waals surface area contributed by atoms with Crippen LogP contribution in [0.1, 0.15) is 69.0 Å². The number of fused-ring (bicyclic) bond motifs is 3. The molecule has 1 saturated heterocycles. The molecule has 1 heterocycles. The van der Waals surface area contributed by atoms with Crippen molar-refractivity contribution in [3.05, 3.63) is 51.6 Å². The molecule has 2 aromatic carbocycles. The number of methoxy groups -OCH3 is 4. The fourth-order valence-electron chi connectivity index (χ4n) is 6.30. The normalized spacial score (nSPS) is 34.0. The maximum absolute atomic E-state index is 13.7. The van der Waals surface area contributed by atoms with Crippen molar-refractivity contribution in [3.63, 3.8) is 0 Å². The zero-order valence-electron chi connectivity index (χ0n) is 23.9. The quantitative estimate of drug-likeness (QED) is 0.272. The van der Waals surface area contributed by atoms with Gasteiger partial charge in [-0.3, -0.25) is 9.59 Å². The van der Waals surface area contributed by atoms with Gasteiger partial charge in [-0.15, -0.1) is 0 Å². The molecule has 13 nitrogen and oxygen atoms in total. The Bertz CT molecular complexity index is 1420. The Morgan fingerprint density at radius 2 is 1.52 bits per heavy atom. The number of aromatic hydroxyl groups is 2. The first kappa shape index (κ1) is 30.3. The summed E-state index contributed by atoms with van der Waals surface area (Å²) in [5.74, 6) is -2.68. The Hall–Kier alpha value is -3.14. The van der Waals surface area contributed by atoms with Crippen molar-refractivity contribution in [1.29, 1.82) is 0 Å². The first-order valence-electron chi connectivity index (χ1n) is 13.2. The van der Waals surface area contributed by atoms with Crippen molar-refractivity contribution >= 4 is 11.6 Å². The van der Waals surface area contributed by atoms with Crippen molar-refractivity contribution < 1.29 is 63.5 Å². The molecule has 0 aromatic heterocycles.